The third-order valence-electron chi connectivity index (χ3n) is 3.35. The van der Waals surface area contributed by atoms with Gasteiger partial charge in [0.05, 0.1) is 6.54 Å². The van der Waals surface area contributed by atoms with Crippen LogP contribution in [-0.2, 0) is 6.54 Å². The Kier molecular flexibility index (Phi) is 4.02. The summed E-state index contributed by atoms with van der Waals surface area (Å²) in [5, 5.41) is 3.47. The molecule has 1 atom stereocenters. The first-order valence-electron chi connectivity index (χ1n) is 6.29. The third kappa shape index (κ3) is 2.86. The summed E-state index contributed by atoms with van der Waals surface area (Å²) < 4.78 is 5.64. The molecule has 3 heteroatoms. The van der Waals surface area contributed by atoms with E-state index in [0.717, 1.165) is 31.2 Å². The van der Waals surface area contributed by atoms with E-state index in [1.807, 2.05) is 13.0 Å². The van der Waals surface area contributed by atoms with E-state index in [-0.39, 0.29) is 0 Å². The van der Waals surface area contributed by atoms with Crippen molar-refractivity contribution in [2.45, 2.75) is 39.3 Å². The normalized spacial score (nSPS) is 21.6. The number of hydrogen-bond donors (Lipinski definition) is 1. The second-order valence-electron chi connectivity index (χ2n) is 4.58. The monoisotopic (exact) mass is 222 g/mol. The van der Waals surface area contributed by atoms with E-state index in [2.05, 4.69) is 23.2 Å². The molecule has 0 spiro atoms. The molecule has 1 aliphatic heterocycles. The molecule has 0 radical (unpaired) electrons. The lowest BCUT2D eigenvalue weighted by molar-refractivity contribution is 0.154. The summed E-state index contributed by atoms with van der Waals surface area (Å²) in [6, 6.07) is 4.81. The average Bonchev–Trinajstić information content (AvgIpc) is 2.73. The van der Waals surface area contributed by atoms with Crippen molar-refractivity contribution in [1.29, 1.82) is 0 Å². The van der Waals surface area contributed by atoms with Crippen molar-refractivity contribution in [3.05, 3.63) is 23.7 Å². The average molecular weight is 222 g/mol. The summed E-state index contributed by atoms with van der Waals surface area (Å²) >= 11 is 0. The molecule has 1 aromatic heterocycles. The van der Waals surface area contributed by atoms with Crippen molar-refractivity contribution in [3.63, 3.8) is 0 Å². The van der Waals surface area contributed by atoms with Gasteiger partial charge in [0, 0.05) is 12.6 Å². The van der Waals surface area contributed by atoms with Gasteiger partial charge < -0.3 is 9.73 Å². The highest BCUT2D eigenvalue weighted by atomic mass is 16.3. The van der Waals surface area contributed by atoms with Crippen molar-refractivity contribution in [2.75, 3.05) is 19.6 Å². The van der Waals surface area contributed by atoms with Gasteiger partial charge in [-0.15, -0.1) is 0 Å². The predicted molar refractivity (Wildman–Crippen MR) is 65.4 cm³/mol. The lowest BCUT2D eigenvalue weighted by atomic mass is 10.1. The zero-order valence-electron chi connectivity index (χ0n) is 10.3. The molecule has 1 saturated heterocycles. The first-order chi connectivity index (χ1) is 7.79. The molecule has 1 N–H and O–H groups in total. The highest BCUT2D eigenvalue weighted by Gasteiger charge is 2.20. The van der Waals surface area contributed by atoms with Gasteiger partial charge in [-0.05, 0) is 45.0 Å². The number of rotatable bonds is 4. The summed E-state index contributed by atoms with van der Waals surface area (Å²) in [5.41, 5.74) is 0. The van der Waals surface area contributed by atoms with Crippen molar-refractivity contribution < 1.29 is 4.42 Å². The van der Waals surface area contributed by atoms with Crippen molar-refractivity contribution in [1.82, 2.24) is 10.2 Å². The quantitative estimate of drug-likeness (QED) is 0.846. The molecule has 2 heterocycles. The Balaban J connectivity index is 1.94. The summed E-state index contributed by atoms with van der Waals surface area (Å²) in [5.74, 6) is 2.10. The highest BCUT2D eigenvalue weighted by Crippen LogP contribution is 2.15. The lowest BCUT2D eigenvalue weighted by Gasteiger charge is -2.33. The SMILES string of the molecule is CCN(Cc1ccc(C)o1)C1CCCNC1. The standard InChI is InChI=1S/C13H22N2O/c1-3-15(12-5-4-8-14-9-12)10-13-7-6-11(2)16-13/h6-7,12,14H,3-5,8-10H2,1-2H3. The lowest BCUT2D eigenvalue weighted by Crippen LogP contribution is -2.45. The molecule has 0 aliphatic carbocycles. The second kappa shape index (κ2) is 5.51. The fourth-order valence-corrected chi connectivity index (χ4v) is 2.41. The van der Waals surface area contributed by atoms with Gasteiger partial charge in [0.25, 0.3) is 0 Å². The number of likely N-dealkylation sites (N-methyl/N-ethyl adjacent to an activating group) is 1. The first kappa shape index (κ1) is 11.7. The molecule has 1 aromatic rings. The van der Waals surface area contributed by atoms with Gasteiger partial charge in [-0.2, -0.15) is 0 Å². The molecule has 0 bridgehead atoms. The number of nitrogens with one attached hydrogen (secondary N) is 1. The van der Waals surface area contributed by atoms with Crippen LogP contribution in [-0.4, -0.2) is 30.6 Å². The highest BCUT2D eigenvalue weighted by molar-refractivity contribution is 5.05. The third-order valence-corrected chi connectivity index (χ3v) is 3.35. The van der Waals surface area contributed by atoms with Crippen LogP contribution in [0.2, 0.25) is 0 Å². The van der Waals surface area contributed by atoms with Crippen LogP contribution in [0.1, 0.15) is 31.3 Å². The molecule has 0 saturated carbocycles. The minimum absolute atomic E-state index is 0.671. The van der Waals surface area contributed by atoms with Crippen LogP contribution in [0.25, 0.3) is 0 Å². The van der Waals surface area contributed by atoms with Gasteiger partial charge in [0.15, 0.2) is 0 Å². The van der Waals surface area contributed by atoms with Crippen LogP contribution in [0, 0.1) is 6.92 Å². The van der Waals surface area contributed by atoms with Gasteiger partial charge in [0.2, 0.25) is 0 Å². The van der Waals surface area contributed by atoms with Crippen LogP contribution in [0.5, 0.6) is 0 Å². The Bertz CT molecular complexity index is 315. The molecular formula is C13H22N2O. The van der Waals surface area contributed by atoms with Gasteiger partial charge in [-0.1, -0.05) is 6.92 Å². The van der Waals surface area contributed by atoms with E-state index in [9.17, 15) is 0 Å². The minimum atomic E-state index is 0.671. The van der Waals surface area contributed by atoms with E-state index in [4.69, 9.17) is 4.42 Å². The minimum Gasteiger partial charge on any atom is -0.465 e. The largest absolute Gasteiger partial charge is 0.465 e. The zero-order chi connectivity index (χ0) is 11.4. The second-order valence-corrected chi connectivity index (χ2v) is 4.58. The molecule has 1 aliphatic rings. The summed E-state index contributed by atoms with van der Waals surface area (Å²) in [6.45, 7) is 8.55. The topological polar surface area (TPSA) is 28.4 Å². The summed E-state index contributed by atoms with van der Waals surface area (Å²) in [7, 11) is 0. The van der Waals surface area contributed by atoms with E-state index < -0.39 is 0 Å². The van der Waals surface area contributed by atoms with E-state index in [1.165, 1.54) is 19.4 Å². The van der Waals surface area contributed by atoms with Crippen LogP contribution >= 0.6 is 0 Å². The Morgan fingerprint density at radius 2 is 2.38 bits per heavy atom. The van der Waals surface area contributed by atoms with Crippen molar-refractivity contribution >= 4 is 0 Å². The number of nitrogens with zero attached hydrogens (tertiary/aromatic N) is 1. The molecule has 3 nitrogen and oxygen atoms in total. The fourth-order valence-electron chi connectivity index (χ4n) is 2.41. The summed E-state index contributed by atoms with van der Waals surface area (Å²) in [4.78, 5) is 2.50. The van der Waals surface area contributed by atoms with Gasteiger partial charge in [-0.25, -0.2) is 0 Å². The number of furan rings is 1. The van der Waals surface area contributed by atoms with Gasteiger partial charge >= 0.3 is 0 Å². The smallest absolute Gasteiger partial charge is 0.118 e. The van der Waals surface area contributed by atoms with Crippen LogP contribution in [0.4, 0.5) is 0 Å². The molecule has 16 heavy (non-hydrogen) atoms. The Morgan fingerprint density at radius 3 is 2.94 bits per heavy atom. The van der Waals surface area contributed by atoms with Crippen LogP contribution in [0.3, 0.4) is 0 Å². The van der Waals surface area contributed by atoms with E-state index >= 15 is 0 Å². The van der Waals surface area contributed by atoms with Gasteiger partial charge in [0.1, 0.15) is 11.5 Å². The van der Waals surface area contributed by atoms with Crippen LogP contribution < -0.4 is 5.32 Å². The van der Waals surface area contributed by atoms with E-state index in [0.29, 0.717) is 6.04 Å². The zero-order valence-corrected chi connectivity index (χ0v) is 10.3. The summed E-state index contributed by atoms with van der Waals surface area (Å²) in [6.07, 6.45) is 2.60. The first-order valence-corrected chi connectivity index (χ1v) is 6.29. The number of aryl methyl sites for hydroxylation is 1. The Labute approximate surface area is 97.8 Å². The maximum absolute atomic E-state index is 5.64. The molecule has 2 rings (SSSR count). The molecule has 1 unspecified atom stereocenters. The molecule has 90 valence electrons. The maximum Gasteiger partial charge on any atom is 0.118 e. The molecule has 0 amide bonds. The van der Waals surface area contributed by atoms with Crippen molar-refractivity contribution in [3.8, 4) is 0 Å². The Hall–Kier alpha value is -0.800. The molecular weight excluding hydrogens is 200 g/mol. The number of piperidine rings is 1. The van der Waals surface area contributed by atoms with E-state index in [1.54, 1.807) is 0 Å². The molecule has 1 fully saturated rings. The predicted octanol–water partition coefficient (Wildman–Crippen LogP) is 2.16. The van der Waals surface area contributed by atoms with Crippen molar-refractivity contribution in [2.24, 2.45) is 0 Å². The number of hydrogen-bond acceptors (Lipinski definition) is 3. The Morgan fingerprint density at radius 1 is 1.50 bits per heavy atom. The molecule has 0 aromatic carbocycles. The maximum atomic E-state index is 5.64. The van der Waals surface area contributed by atoms with Crippen LogP contribution in [0.15, 0.2) is 16.5 Å². The van der Waals surface area contributed by atoms with Gasteiger partial charge in [-0.3, -0.25) is 4.90 Å². The fraction of sp³-hybridized carbons (Fsp3) is 0.692.